The topological polar surface area (TPSA) is 66.8 Å². The van der Waals surface area contributed by atoms with E-state index >= 15 is 0 Å². The molecule has 4 rings (SSSR count). The van der Waals surface area contributed by atoms with Crippen LogP contribution >= 0.6 is 0 Å². The summed E-state index contributed by atoms with van der Waals surface area (Å²) in [6, 6.07) is 5.80. The van der Waals surface area contributed by atoms with Gasteiger partial charge in [-0.2, -0.15) is 10.1 Å². The summed E-state index contributed by atoms with van der Waals surface area (Å²) in [6.45, 7) is -0.0398. The average Bonchev–Trinajstić information content (AvgIpc) is 3.42. The minimum atomic E-state index is -2.93. The number of H-pyrrole nitrogens is 1. The molecule has 0 bridgehead atoms. The van der Waals surface area contributed by atoms with Crippen LogP contribution in [0.25, 0.3) is 11.0 Å². The number of aromatic nitrogens is 4. The Morgan fingerprint density at radius 3 is 2.45 bits per heavy atom. The van der Waals surface area contributed by atoms with E-state index in [1.165, 1.54) is 12.1 Å². The molecule has 0 aliphatic heterocycles. The van der Waals surface area contributed by atoms with E-state index in [1.54, 1.807) is 35.8 Å². The molecule has 1 fully saturated rings. The first kappa shape index (κ1) is 19.5. The molecule has 0 spiro atoms. The normalized spacial score (nSPS) is 15.7. The van der Waals surface area contributed by atoms with Gasteiger partial charge in [-0.25, -0.2) is 17.9 Å². The number of nitrogens with one attached hydrogen (secondary N) is 1. The van der Waals surface area contributed by atoms with Gasteiger partial charge in [-0.1, -0.05) is 24.3 Å². The highest BCUT2D eigenvalue weighted by Crippen LogP contribution is 2.44. The monoisotopic (exact) mass is 405 g/mol. The van der Waals surface area contributed by atoms with E-state index in [-0.39, 0.29) is 28.6 Å². The predicted octanol–water partition coefficient (Wildman–Crippen LogP) is 3.77. The third-order valence-corrected chi connectivity index (χ3v) is 5.26. The number of hydrogen-bond donors (Lipinski definition) is 1. The van der Waals surface area contributed by atoms with Gasteiger partial charge in [0, 0.05) is 26.6 Å². The molecular formula is C20H22F3N5O. The summed E-state index contributed by atoms with van der Waals surface area (Å²) in [5.74, 6) is -2.37. The molecule has 154 valence electrons. The van der Waals surface area contributed by atoms with Crippen LogP contribution in [0.2, 0.25) is 0 Å². The summed E-state index contributed by atoms with van der Waals surface area (Å²) in [4.78, 5) is 21.4. The Hall–Kier alpha value is -2.84. The zero-order valence-electron chi connectivity index (χ0n) is 16.4. The van der Waals surface area contributed by atoms with Crippen LogP contribution in [0, 0.1) is 5.92 Å². The number of benzene rings is 1. The fourth-order valence-corrected chi connectivity index (χ4v) is 3.60. The SMILES string of the molecule is CN(C)c1nc2c(c(CF)nn2[C@H](c2ccc(C(C)(F)F)cc2)C2CC2)c(=O)[nH]1. The van der Waals surface area contributed by atoms with Crippen LogP contribution in [0.15, 0.2) is 29.1 Å². The third-order valence-electron chi connectivity index (χ3n) is 5.26. The molecule has 6 nitrogen and oxygen atoms in total. The van der Waals surface area contributed by atoms with E-state index in [4.69, 9.17) is 0 Å². The van der Waals surface area contributed by atoms with E-state index < -0.39 is 18.2 Å². The van der Waals surface area contributed by atoms with Crippen LogP contribution in [-0.2, 0) is 12.6 Å². The minimum absolute atomic E-state index is 0.0291. The Bertz CT molecular complexity index is 1090. The Morgan fingerprint density at radius 1 is 1.28 bits per heavy atom. The van der Waals surface area contributed by atoms with E-state index in [0.29, 0.717) is 11.6 Å². The maximum absolute atomic E-state index is 13.6. The first-order valence-electron chi connectivity index (χ1n) is 9.43. The molecule has 1 aliphatic carbocycles. The van der Waals surface area contributed by atoms with Gasteiger partial charge in [-0.05, 0) is 24.3 Å². The van der Waals surface area contributed by atoms with Gasteiger partial charge >= 0.3 is 0 Å². The second-order valence-electron chi connectivity index (χ2n) is 7.80. The van der Waals surface area contributed by atoms with Crippen LogP contribution < -0.4 is 10.5 Å². The lowest BCUT2D eigenvalue weighted by molar-refractivity contribution is 0.0174. The third kappa shape index (κ3) is 3.49. The number of halogens is 3. The first-order valence-corrected chi connectivity index (χ1v) is 9.43. The molecule has 0 radical (unpaired) electrons. The second kappa shape index (κ2) is 6.89. The van der Waals surface area contributed by atoms with E-state index in [2.05, 4.69) is 15.1 Å². The summed E-state index contributed by atoms with van der Waals surface area (Å²) in [7, 11) is 3.48. The molecule has 1 aliphatic rings. The van der Waals surface area contributed by atoms with Crippen molar-refractivity contribution < 1.29 is 13.2 Å². The maximum Gasteiger partial charge on any atom is 0.270 e. The largest absolute Gasteiger partial charge is 0.348 e. The summed E-state index contributed by atoms with van der Waals surface area (Å²) in [6.07, 6.45) is 1.87. The molecule has 29 heavy (non-hydrogen) atoms. The zero-order chi connectivity index (χ0) is 20.9. The summed E-state index contributed by atoms with van der Waals surface area (Å²) in [5.41, 5.74) is 0.584. The van der Waals surface area contributed by atoms with Gasteiger partial charge in [0.2, 0.25) is 5.95 Å². The van der Waals surface area contributed by atoms with Crippen molar-refractivity contribution in [2.45, 2.75) is 38.4 Å². The van der Waals surface area contributed by atoms with Crippen LogP contribution in [-0.4, -0.2) is 33.8 Å². The second-order valence-corrected chi connectivity index (χ2v) is 7.80. The molecule has 0 saturated heterocycles. The molecule has 1 atom stereocenters. The van der Waals surface area contributed by atoms with Crippen molar-refractivity contribution in [2.24, 2.45) is 5.92 Å². The van der Waals surface area contributed by atoms with Crippen molar-refractivity contribution in [3.63, 3.8) is 0 Å². The number of anilines is 1. The predicted molar refractivity (Wildman–Crippen MR) is 104 cm³/mol. The molecule has 1 aromatic carbocycles. The lowest BCUT2D eigenvalue weighted by Crippen LogP contribution is -2.21. The van der Waals surface area contributed by atoms with E-state index in [9.17, 15) is 18.0 Å². The van der Waals surface area contributed by atoms with Gasteiger partial charge in [0.25, 0.3) is 11.5 Å². The maximum atomic E-state index is 13.6. The minimum Gasteiger partial charge on any atom is -0.348 e. The standard InChI is InChI=1S/C20H22F3N5O/c1-20(22,23)13-8-6-12(7-9-13)16(11-4-5-11)28-17-15(14(10-21)26-28)18(29)25-19(24-17)27(2)3/h6-9,11,16H,4-5,10H2,1-3H3,(H,24,25,29)/t16-/m0/s1. The quantitative estimate of drug-likeness (QED) is 0.678. The summed E-state index contributed by atoms with van der Waals surface area (Å²) in [5, 5.41) is 4.50. The Labute approximate surface area is 165 Å². The number of nitrogens with zero attached hydrogens (tertiary/aromatic N) is 4. The molecule has 1 saturated carbocycles. The number of alkyl halides is 3. The fourth-order valence-electron chi connectivity index (χ4n) is 3.60. The van der Waals surface area contributed by atoms with Crippen molar-refractivity contribution in [1.82, 2.24) is 19.7 Å². The zero-order valence-corrected chi connectivity index (χ0v) is 16.4. The summed E-state index contributed by atoms with van der Waals surface area (Å²) >= 11 is 0. The van der Waals surface area contributed by atoms with Gasteiger partial charge in [-0.3, -0.25) is 9.78 Å². The molecule has 9 heteroatoms. The van der Waals surface area contributed by atoms with E-state index in [1.807, 2.05) is 0 Å². The molecule has 1 N–H and O–H groups in total. The van der Waals surface area contributed by atoms with E-state index in [0.717, 1.165) is 25.3 Å². The number of aromatic amines is 1. The lowest BCUT2D eigenvalue weighted by Gasteiger charge is -2.20. The number of hydrogen-bond acceptors (Lipinski definition) is 4. The average molecular weight is 405 g/mol. The highest BCUT2D eigenvalue weighted by atomic mass is 19.3. The fraction of sp³-hybridized carbons (Fsp3) is 0.450. The molecule has 0 unspecified atom stereocenters. The van der Waals surface area contributed by atoms with Crippen molar-refractivity contribution in [3.8, 4) is 0 Å². The van der Waals surface area contributed by atoms with Crippen molar-refractivity contribution >= 4 is 17.0 Å². The number of rotatable bonds is 6. The summed E-state index contributed by atoms with van der Waals surface area (Å²) < 4.78 is 42.4. The smallest absolute Gasteiger partial charge is 0.270 e. The van der Waals surface area contributed by atoms with Gasteiger partial charge < -0.3 is 4.90 Å². The Kier molecular flexibility index (Phi) is 4.63. The first-order chi connectivity index (χ1) is 13.7. The van der Waals surface area contributed by atoms with Crippen molar-refractivity contribution in [2.75, 3.05) is 19.0 Å². The molecule has 2 heterocycles. The highest BCUT2D eigenvalue weighted by molar-refractivity contribution is 5.78. The molecule has 2 aromatic heterocycles. The van der Waals surface area contributed by atoms with Crippen LogP contribution in [0.5, 0.6) is 0 Å². The van der Waals surface area contributed by atoms with Gasteiger partial charge in [-0.15, -0.1) is 0 Å². The van der Waals surface area contributed by atoms with Crippen LogP contribution in [0.1, 0.15) is 42.6 Å². The van der Waals surface area contributed by atoms with Crippen molar-refractivity contribution in [3.05, 3.63) is 51.4 Å². The Balaban J connectivity index is 1.89. The van der Waals surface area contributed by atoms with Gasteiger partial charge in [0.15, 0.2) is 5.65 Å². The number of fused-ring (bicyclic) bond motifs is 1. The molecular weight excluding hydrogens is 383 g/mol. The van der Waals surface area contributed by atoms with Crippen LogP contribution in [0.3, 0.4) is 0 Å². The highest BCUT2D eigenvalue weighted by Gasteiger charge is 2.37. The molecule has 0 amide bonds. The lowest BCUT2D eigenvalue weighted by atomic mass is 9.99. The van der Waals surface area contributed by atoms with Crippen molar-refractivity contribution in [1.29, 1.82) is 0 Å². The Morgan fingerprint density at radius 2 is 1.93 bits per heavy atom. The van der Waals surface area contributed by atoms with Gasteiger partial charge in [0.05, 0.1) is 6.04 Å². The molecule has 3 aromatic rings. The van der Waals surface area contributed by atoms with Crippen LogP contribution in [0.4, 0.5) is 19.1 Å². The van der Waals surface area contributed by atoms with Gasteiger partial charge in [0.1, 0.15) is 17.8 Å².